The van der Waals surface area contributed by atoms with Gasteiger partial charge in [-0.2, -0.15) is 0 Å². The molecule has 1 unspecified atom stereocenters. The Morgan fingerprint density at radius 1 is 1.12 bits per heavy atom. The Labute approximate surface area is 102 Å². The van der Waals surface area contributed by atoms with Crippen molar-refractivity contribution in [1.29, 1.82) is 0 Å². The minimum Gasteiger partial charge on any atom is -0.431 e. The van der Waals surface area contributed by atoms with Gasteiger partial charge in [-0.3, -0.25) is 0 Å². The summed E-state index contributed by atoms with van der Waals surface area (Å²) in [4.78, 5) is 11.8. The molecule has 1 atom stereocenters. The smallest absolute Gasteiger partial charge is 0.342 e. The first-order valence-corrected chi connectivity index (χ1v) is 5.78. The molecule has 3 heteroatoms. The fourth-order valence-electron chi connectivity index (χ4n) is 2.43. The van der Waals surface area contributed by atoms with Gasteiger partial charge >= 0.3 is 5.97 Å². The van der Waals surface area contributed by atoms with Gasteiger partial charge in [0.15, 0.2) is 6.10 Å². The molecule has 1 aliphatic heterocycles. The molecule has 0 amide bonds. The maximum absolute atomic E-state index is 11.8. The summed E-state index contributed by atoms with van der Waals surface area (Å²) >= 11 is 0. The molecule has 0 aliphatic carbocycles. The molecule has 2 rings (SSSR count). The SMILES string of the molecule is Cc1cc(C)c(C2OC(C)(C)OC2=O)c(C)c1. The molecule has 0 N–H and O–H groups in total. The summed E-state index contributed by atoms with van der Waals surface area (Å²) in [5, 5.41) is 0. The van der Waals surface area contributed by atoms with Crippen LogP contribution in [0.2, 0.25) is 0 Å². The first-order chi connectivity index (χ1) is 7.80. The van der Waals surface area contributed by atoms with Crippen LogP contribution in [0.5, 0.6) is 0 Å². The number of carbonyl (C=O) groups excluding carboxylic acids is 1. The lowest BCUT2D eigenvalue weighted by atomic mass is 9.95. The second kappa shape index (κ2) is 3.84. The monoisotopic (exact) mass is 234 g/mol. The number of hydrogen-bond donors (Lipinski definition) is 0. The Morgan fingerprint density at radius 2 is 1.65 bits per heavy atom. The van der Waals surface area contributed by atoms with E-state index in [1.165, 1.54) is 5.56 Å². The van der Waals surface area contributed by atoms with Gasteiger partial charge in [0.05, 0.1) is 0 Å². The van der Waals surface area contributed by atoms with Gasteiger partial charge in [-0.25, -0.2) is 4.79 Å². The molecule has 0 saturated carbocycles. The first kappa shape index (κ1) is 12.1. The zero-order valence-electron chi connectivity index (χ0n) is 11.0. The third-order valence-electron chi connectivity index (χ3n) is 2.96. The van der Waals surface area contributed by atoms with E-state index in [1.54, 1.807) is 13.8 Å². The van der Waals surface area contributed by atoms with Gasteiger partial charge in [0, 0.05) is 13.8 Å². The van der Waals surface area contributed by atoms with Crippen molar-refractivity contribution in [3.63, 3.8) is 0 Å². The normalized spacial score (nSPS) is 22.6. The van der Waals surface area contributed by atoms with Crippen molar-refractivity contribution >= 4 is 5.97 Å². The summed E-state index contributed by atoms with van der Waals surface area (Å²) < 4.78 is 10.9. The summed E-state index contributed by atoms with van der Waals surface area (Å²) in [6.45, 7) is 9.55. The van der Waals surface area contributed by atoms with Gasteiger partial charge in [-0.05, 0) is 37.5 Å². The lowest BCUT2D eigenvalue weighted by Gasteiger charge is -2.17. The summed E-state index contributed by atoms with van der Waals surface area (Å²) in [6, 6.07) is 4.12. The molecule has 1 aromatic carbocycles. The van der Waals surface area contributed by atoms with Crippen molar-refractivity contribution in [3.05, 3.63) is 34.4 Å². The molecule has 0 aromatic heterocycles. The number of rotatable bonds is 1. The van der Waals surface area contributed by atoms with Crippen molar-refractivity contribution in [2.24, 2.45) is 0 Å². The topological polar surface area (TPSA) is 35.5 Å². The van der Waals surface area contributed by atoms with Gasteiger partial charge in [0.1, 0.15) is 0 Å². The van der Waals surface area contributed by atoms with Crippen LogP contribution in [-0.4, -0.2) is 11.8 Å². The zero-order valence-corrected chi connectivity index (χ0v) is 11.0. The average molecular weight is 234 g/mol. The minimum absolute atomic E-state index is 0.301. The predicted octanol–water partition coefficient (Wildman–Crippen LogP) is 2.96. The Kier molecular flexibility index (Phi) is 2.74. The van der Waals surface area contributed by atoms with E-state index in [1.807, 2.05) is 20.8 Å². The van der Waals surface area contributed by atoms with Crippen molar-refractivity contribution in [1.82, 2.24) is 0 Å². The lowest BCUT2D eigenvalue weighted by Crippen LogP contribution is -2.20. The number of aryl methyl sites for hydroxylation is 3. The van der Waals surface area contributed by atoms with Gasteiger partial charge in [0.2, 0.25) is 5.79 Å². The van der Waals surface area contributed by atoms with Crippen LogP contribution in [0.3, 0.4) is 0 Å². The molecule has 1 saturated heterocycles. The van der Waals surface area contributed by atoms with E-state index in [0.717, 1.165) is 16.7 Å². The van der Waals surface area contributed by atoms with E-state index in [0.29, 0.717) is 0 Å². The summed E-state index contributed by atoms with van der Waals surface area (Å²) in [6.07, 6.45) is -0.592. The van der Waals surface area contributed by atoms with Crippen molar-refractivity contribution < 1.29 is 14.3 Å². The molecule has 17 heavy (non-hydrogen) atoms. The fraction of sp³-hybridized carbons (Fsp3) is 0.500. The third-order valence-corrected chi connectivity index (χ3v) is 2.96. The number of cyclic esters (lactones) is 1. The summed E-state index contributed by atoms with van der Waals surface area (Å²) in [5.41, 5.74) is 4.27. The number of carbonyl (C=O) groups is 1. The van der Waals surface area contributed by atoms with Crippen molar-refractivity contribution in [3.8, 4) is 0 Å². The molecule has 1 fully saturated rings. The molecule has 0 bridgehead atoms. The molecule has 1 heterocycles. The Balaban J connectivity index is 2.45. The van der Waals surface area contributed by atoms with E-state index >= 15 is 0 Å². The predicted molar refractivity (Wildman–Crippen MR) is 64.7 cm³/mol. The van der Waals surface area contributed by atoms with Gasteiger partial charge < -0.3 is 9.47 Å². The highest BCUT2D eigenvalue weighted by Crippen LogP contribution is 2.37. The van der Waals surface area contributed by atoms with E-state index in [4.69, 9.17) is 9.47 Å². The lowest BCUT2D eigenvalue weighted by molar-refractivity contribution is -0.160. The molecular weight excluding hydrogens is 216 g/mol. The fourth-order valence-corrected chi connectivity index (χ4v) is 2.43. The second-order valence-electron chi connectivity index (χ2n) is 5.13. The highest BCUT2D eigenvalue weighted by Gasteiger charge is 2.42. The third kappa shape index (κ3) is 2.20. The van der Waals surface area contributed by atoms with Crippen LogP contribution in [0.25, 0.3) is 0 Å². The van der Waals surface area contributed by atoms with Crippen LogP contribution in [0.4, 0.5) is 0 Å². The highest BCUT2D eigenvalue weighted by molar-refractivity contribution is 5.79. The molecule has 1 aromatic rings. The van der Waals surface area contributed by atoms with Crippen LogP contribution < -0.4 is 0 Å². The molecule has 3 nitrogen and oxygen atoms in total. The number of hydrogen-bond acceptors (Lipinski definition) is 3. The first-order valence-electron chi connectivity index (χ1n) is 5.78. The second-order valence-corrected chi connectivity index (χ2v) is 5.13. The molecule has 0 spiro atoms. The average Bonchev–Trinajstić information content (AvgIpc) is 2.38. The Morgan fingerprint density at radius 3 is 2.06 bits per heavy atom. The van der Waals surface area contributed by atoms with Crippen molar-refractivity contribution in [2.75, 3.05) is 0 Å². The minimum atomic E-state index is -0.828. The number of esters is 1. The molecule has 1 aliphatic rings. The van der Waals surface area contributed by atoms with E-state index < -0.39 is 11.9 Å². The van der Waals surface area contributed by atoms with Crippen molar-refractivity contribution in [2.45, 2.75) is 46.5 Å². The Bertz CT molecular complexity index is 451. The van der Waals surface area contributed by atoms with Crippen LogP contribution in [0.15, 0.2) is 12.1 Å². The maximum Gasteiger partial charge on any atom is 0.342 e. The van der Waals surface area contributed by atoms with E-state index in [-0.39, 0.29) is 5.97 Å². The Hall–Kier alpha value is -1.35. The number of ether oxygens (including phenoxy) is 2. The molecule has 92 valence electrons. The van der Waals surface area contributed by atoms with Gasteiger partial charge in [-0.15, -0.1) is 0 Å². The van der Waals surface area contributed by atoms with Crippen LogP contribution in [0, 0.1) is 20.8 Å². The summed E-state index contributed by atoms with van der Waals surface area (Å²) in [5.74, 6) is -1.13. The quantitative estimate of drug-likeness (QED) is 0.701. The number of benzene rings is 1. The zero-order chi connectivity index (χ0) is 12.8. The van der Waals surface area contributed by atoms with E-state index in [9.17, 15) is 4.79 Å². The molecule has 0 radical (unpaired) electrons. The molecular formula is C14H18O3. The van der Waals surface area contributed by atoms with E-state index in [2.05, 4.69) is 12.1 Å². The van der Waals surface area contributed by atoms with Crippen LogP contribution >= 0.6 is 0 Å². The largest absolute Gasteiger partial charge is 0.431 e. The van der Waals surface area contributed by atoms with Crippen LogP contribution in [0.1, 0.15) is 42.2 Å². The highest BCUT2D eigenvalue weighted by atomic mass is 16.8. The van der Waals surface area contributed by atoms with Gasteiger partial charge in [0.25, 0.3) is 0 Å². The maximum atomic E-state index is 11.8. The summed E-state index contributed by atoms with van der Waals surface area (Å²) in [7, 11) is 0. The standard InChI is InChI=1S/C14H18O3/c1-8-6-9(2)11(10(3)7-8)12-13(15)17-14(4,5)16-12/h6-7,12H,1-5H3. The van der Waals surface area contributed by atoms with Crippen LogP contribution in [-0.2, 0) is 14.3 Å². The van der Waals surface area contributed by atoms with Gasteiger partial charge in [-0.1, -0.05) is 17.7 Å².